The molecule has 0 saturated carbocycles. The van der Waals surface area contributed by atoms with Crippen molar-refractivity contribution in [3.8, 4) is 0 Å². The molecule has 1 aromatic heterocycles. The number of nitrogens with two attached hydrogens (primary N) is 1. The van der Waals surface area contributed by atoms with Crippen molar-refractivity contribution in [2.45, 2.75) is 20.8 Å². The van der Waals surface area contributed by atoms with Crippen LogP contribution in [0, 0.1) is 11.2 Å². The number of aromatic nitrogens is 2. The number of anilines is 2. The number of hydrogen-bond donors (Lipinski definition) is 1. The molecule has 1 rings (SSSR count). The summed E-state index contributed by atoms with van der Waals surface area (Å²) in [5.41, 5.74) is 5.48. The van der Waals surface area contributed by atoms with Crippen LogP contribution < -0.4 is 10.6 Å². The first-order valence-corrected chi connectivity index (χ1v) is 4.79. The third-order valence-corrected chi connectivity index (χ3v) is 1.82. The molecule has 2 N–H and O–H groups in total. The molecular weight excluding hydrogens is 195 g/mol. The molecule has 0 radical (unpaired) electrons. The van der Waals surface area contributed by atoms with Gasteiger partial charge in [0.15, 0.2) is 11.6 Å². The van der Waals surface area contributed by atoms with E-state index >= 15 is 0 Å². The maximum Gasteiger partial charge on any atom is 0.222 e. The first-order valence-electron chi connectivity index (χ1n) is 4.79. The molecule has 5 heteroatoms. The lowest BCUT2D eigenvalue weighted by Gasteiger charge is -2.27. The fourth-order valence-electron chi connectivity index (χ4n) is 1.43. The highest BCUT2D eigenvalue weighted by Gasteiger charge is 2.17. The van der Waals surface area contributed by atoms with Gasteiger partial charge >= 0.3 is 0 Å². The van der Waals surface area contributed by atoms with E-state index in [-0.39, 0.29) is 17.2 Å². The quantitative estimate of drug-likeness (QED) is 0.810. The van der Waals surface area contributed by atoms with Crippen LogP contribution in [0.5, 0.6) is 0 Å². The fraction of sp³-hybridized carbons (Fsp3) is 0.600. The third-order valence-electron chi connectivity index (χ3n) is 1.82. The van der Waals surface area contributed by atoms with Crippen molar-refractivity contribution in [3.63, 3.8) is 0 Å². The van der Waals surface area contributed by atoms with Gasteiger partial charge in [-0.1, -0.05) is 20.8 Å². The van der Waals surface area contributed by atoms with Crippen molar-refractivity contribution in [2.24, 2.45) is 5.41 Å². The number of rotatable bonds is 2. The molecule has 0 aliphatic carbocycles. The van der Waals surface area contributed by atoms with E-state index < -0.39 is 5.82 Å². The maximum atomic E-state index is 13.4. The molecule has 0 aromatic carbocycles. The van der Waals surface area contributed by atoms with Crippen LogP contribution in [0.25, 0.3) is 0 Å². The van der Waals surface area contributed by atoms with Gasteiger partial charge in [-0.15, -0.1) is 0 Å². The van der Waals surface area contributed by atoms with Crippen LogP contribution in [-0.4, -0.2) is 23.6 Å². The second-order valence-electron chi connectivity index (χ2n) is 4.82. The minimum absolute atomic E-state index is 0.0703. The van der Waals surface area contributed by atoms with E-state index in [1.807, 2.05) is 0 Å². The Balaban J connectivity index is 2.90. The summed E-state index contributed by atoms with van der Waals surface area (Å²) in [6.07, 6.45) is 1.09. The van der Waals surface area contributed by atoms with Crippen molar-refractivity contribution in [3.05, 3.63) is 12.0 Å². The summed E-state index contributed by atoms with van der Waals surface area (Å²) in [5, 5.41) is 0. The number of nitrogen functional groups attached to an aromatic ring is 1. The minimum atomic E-state index is -0.448. The van der Waals surface area contributed by atoms with Crippen LogP contribution in [0.4, 0.5) is 16.2 Å². The predicted octanol–water partition coefficient (Wildman–Crippen LogP) is 1.68. The monoisotopic (exact) mass is 212 g/mol. The minimum Gasteiger partial charge on any atom is -0.368 e. The van der Waals surface area contributed by atoms with Gasteiger partial charge in [0.1, 0.15) is 0 Å². The van der Waals surface area contributed by atoms with Crippen LogP contribution in [0.1, 0.15) is 20.8 Å². The van der Waals surface area contributed by atoms with Gasteiger partial charge in [0.25, 0.3) is 0 Å². The Morgan fingerprint density at radius 1 is 1.47 bits per heavy atom. The molecule has 0 aliphatic heterocycles. The molecule has 0 unspecified atom stereocenters. The molecule has 15 heavy (non-hydrogen) atoms. The zero-order valence-corrected chi connectivity index (χ0v) is 9.58. The van der Waals surface area contributed by atoms with Crippen molar-refractivity contribution >= 4 is 11.8 Å². The number of halogens is 1. The zero-order valence-electron chi connectivity index (χ0n) is 9.58. The van der Waals surface area contributed by atoms with E-state index in [2.05, 4.69) is 30.7 Å². The summed E-state index contributed by atoms with van der Waals surface area (Å²) in [4.78, 5) is 9.20. The van der Waals surface area contributed by atoms with E-state index in [0.29, 0.717) is 6.54 Å². The lowest BCUT2D eigenvalue weighted by Crippen LogP contribution is -2.30. The highest BCUT2D eigenvalue weighted by molar-refractivity contribution is 5.41. The first-order chi connectivity index (χ1) is 6.79. The summed E-state index contributed by atoms with van der Waals surface area (Å²) in [5.74, 6) is -0.111. The first kappa shape index (κ1) is 11.7. The van der Waals surface area contributed by atoms with Crippen LogP contribution >= 0.6 is 0 Å². The lowest BCUT2D eigenvalue weighted by atomic mass is 9.96. The normalized spacial score (nSPS) is 11.5. The van der Waals surface area contributed by atoms with Crippen molar-refractivity contribution in [1.29, 1.82) is 0 Å². The summed E-state index contributed by atoms with van der Waals surface area (Å²) in [6, 6.07) is 0. The smallest absolute Gasteiger partial charge is 0.222 e. The molecule has 0 saturated heterocycles. The third kappa shape index (κ3) is 3.34. The van der Waals surface area contributed by atoms with E-state index in [0.717, 1.165) is 6.20 Å². The van der Waals surface area contributed by atoms with E-state index in [4.69, 9.17) is 5.73 Å². The Bertz CT molecular complexity index is 346. The molecule has 4 nitrogen and oxygen atoms in total. The maximum absolute atomic E-state index is 13.4. The second kappa shape index (κ2) is 4.00. The van der Waals surface area contributed by atoms with Gasteiger partial charge in [-0.2, -0.15) is 4.98 Å². The molecule has 84 valence electrons. The van der Waals surface area contributed by atoms with E-state index in [9.17, 15) is 4.39 Å². The van der Waals surface area contributed by atoms with Gasteiger partial charge in [0, 0.05) is 13.6 Å². The molecule has 0 fully saturated rings. The average molecular weight is 212 g/mol. The van der Waals surface area contributed by atoms with Gasteiger partial charge in [-0.25, -0.2) is 9.37 Å². The van der Waals surface area contributed by atoms with Crippen LogP contribution in [0.2, 0.25) is 0 Å². The Hall–Kier alpha value is -1.39. The molecule has 1 heterocycles. The largest absolute Gasteiger partial charge is 0.368 e. The van der Waals surface area contributed by atoms with Gasteiger partial charge < -0.3 is 10.6 Å². The summed E-state index contributed by atoms with van der Waals surface area (Å²) >= 11 is 0. The summed E-state index contributed by atoms with van der Waals surface area (Å²) in [7, 11) is 1.79. The average Bonchev–Trinajstić information content (AvgIpc) is 2.06. The highest BCUT2D eigenvalue weighted by atomic mass is 19.1. The molecule has 0 atom stereocenters. The highest BCUT2D eigenvalue weighted by Crippen LogP contribution is 2.20. The van der Waals surface area contributed by atoms with Gasteiger partial charge in [0.05, 0.1) is 6.20 Å². The zero-order chi connectivity index (χ0) is 11.6. The molecule has 1 aromatic rings. The lowest BCUT2D eigenvalue weighted by molar-refractivity contribution is 0.415. The van der Waals surface area contributed by atoms with Gasteiger partial charge in [-0.3, -0.25) is 0 Å². The fourth-order valence-corrected chi connectivity index (χ4v) is 1.43. The van der Waals surface area contributed by atoms with Gasteiger partial charge in [0.2, 0.25) is 5.95 Å². The van der Waals surface area contributed by atoms with E-state index in [1.54, 1.807) is 11.9 Å². The molecule has 0 spiro atoms. The SMILES string of the molecule is CN(CC(C)(C)C)c1nc(N)ncc1F. The number of nitrogens with zero attached hydrogens (tertiary/aromatic N) is 3. The van der Waals surface area contributed by atoms with E-state index in [1.165, 1.54) is 0 Å². The molecule has 0 aliphatic rings. The van der Waals surface area contributed by atoms with Crippen LogP contribution in [-0.2, 0) is 0 Å². The van der Waals surface area contributed by atoms with Crippen molar-refractivity contribution in [2.75, 3.05) is 24.2 Å². The van der Waals surface area contributed by atoms with Crippen molar-refractivity contribution < 1.29 is 4.39 Å². The van der Waals surface area contributed by atoms with Gasteiger partial charge in [-0.05, 0) is 5.41 Å². The molecule has 0 amide bonds. The predicted molar refractivity (Wildman–Crippen MR) is 59.1 cm³/mol. The van der Waals surface area contributed by atoms with Crippen LogP contribution in [0.3, 0.4) is 0 Å². The summed E-state index contributed by atoms with van der Waals surface area (Å²) in [6.45, 7) is 6.92. The Labute approximate surface area is 89.3 Å². The Morgan fingerprint density at radius 2 is 2.07 bits per heavy atom. The van der Waals surface area contributed by atoms with Crippen molar-refractivity contribution in [1.82, 2.24) is 9.97 Å². The molecular formula is C10H17FN4. The standard InChI is InChI=1S/C10H17FN4/c1-10(2,3)6-15(4)8-7(11)5-13-9(12)14-8/h5H,6H2,1-4H3,(H2,12,13,14). The Morgan fingerprint density at radius 3 is 2.60 bits per heavy atom. The molecule has 0 bridgehead atoms. The topological polar surface area (TPSA) is 55.0 Å². The summed E-state index contributed by atoms with van der Waals surface area (Å²) < 4.78 is 13.4. The number of hydrogen-bond acceptors (Lipinski definition) is 4. The van der Waals surface area contributed by atoms with Crippen LogP contribution in [0.15, 0.2) is 6.20 Å². The Kier molecular flexibility index (Phi) is 3.12. The second-order valence-corrected chi connectivity index (χ2v) is 4.82.